The number of nitrogens with one attached hydrogen (secondary N) is 1. The Morgan fingerprint density at radius 1 is 1.21 bits per heavy atom. The topological polar surface area (TPSA) is 65.5 Å². The third kappa shape index (κ3) is 4.90. The second kappa shape index (κ2) is 9.04. The molecule has 0 spiro atoms. The summed E-state index contributed by atoms with van der Waals surface area (Å²) in [7, 11) is -2.06. The van der Waals surface area contributed by atoms with Crippen LogP contribution >= 0.6 is 11.3 Å². The lowest BCUT2D eigenvalue weighted by Gasteiger charge is -2.30. The predicted molar refractivity (Wildman–Crippen MR) is 130 cm³/mol. The van der Waals surface area contributed by atoms with E-state index < -0.39 is 15.8 Å². The average molecular weight is 487 g/mol. The highest BCUT2D eigenvalue weighted by molar-refractivity contribution is 7.92. The minimum atomic E-state index is -4.05. The molecule has 0 amide bonds. The monoisotopic (exact) mass is 486 g/mol. The Balaban J connectivity index is 1.37. The molecule has 1 N–H and O–H groups in total. The summed E-state index contributed by atoms with van der Waals surface area (Å²) in [4.78, 5) is 8.20. The van der Waals surface area contributed by atoms with E-state index in [0.29, 0.717) is 0 Å². The van der Waals surface area contributed by atoms with Crippen molar-refractivity contribution in [3.8, 4) is 0 Å². The number of halogens is 1. The van der Waals surface area contributed by atoms with Crippen LogP contribution in [0.5, 0.6) is 0 Å². The molecule has 6 nitrogen and oxygen atoms in total. The van der Waals surface area contributed by atoms with Crippen molar-refractivity contribution < 1.29 is 12.8 Å². The average Bonchev–Trinajstić information content (AvgIpc) is 3.32. The third-order valence-corrected chi connectivity index (χ3v) is 8.44. The van der Waals surface area contributed by atoms with E-state index in [2.05, 4.69) is 43.8 Å². The molecule has 0 bridgehead atoms. The van der Waals surface area contributed by atoms with Crippen molar-refractivity contribution >= 4 is 32.9 Å². The van der Waals surface area contributed by atoms with Crippen LogP contribution in [0.4, 0.5) is 15.9 Å². The van der Waals surface area contributed by atoms with E-state index in [4.69, 9.17) is 0 Å². The first-order valence-electron chi connectivity index (χ1n) is 11.1. The van der Waals surface area contributed by atoms with Crippen LogP contribution in [0.2, 0.25) is 0 Å². The number of hydrogen-bond donors (Lipinski definition) is 1. The second-order valence-corrected chi connectivity index (χ2v) is 11.2. The molecule has 5 rings (SSSR count). The molecule has 0 radical (unpaired) electrons. The van der Waals surface area contributed by atoms with Gasteiger partial charge in [0, 0.05) is 43.8 Å². The second-order valence-electron chi connectivity index (χ2n) is 8.87. The number of nitrogens with zero attached hydrogens (tertiary/aromatic N) is 3. The Morgan fingerprint density at radius 3 is 2.70 bits per heavy atom. The van der Waals surface area contributed by atoms with E-state index in [1.165, 1.54) is 34.5 Å². The smallest absolute Gasteiger partial charge is 0.266 e. The molecule has 9 heteroatoms. The van der Waals surface area contributed by atoms with E-state index >= 15 is 4.39 Å². The maximum Gasteiger partial charge on any atom is 0.266 e. The quantitative estimate of drug-likeness (QED) is 0.501. The van der Waals surface area contributed by atoms with Crippen molar-refractivity contribution in [3.05, 3.63) is 70.3 Å². The van der Waals surface area contributed by atoms with Gasteiger partial charge in [-0.05, 0) is 48.4 Å². The molecule has 33 heavy (non-hydrogen) atoms. The molecular formula is C24H27FN4O2S2. The summed E-state index contributed by atoms with van der Waals surface area (Å²) in [6.07, 6.45) is 2.98. The Bertz CT molecular complexity index is 1210. The van der Waals surface area contributed by atoms with Crippen molar-refractivity contribution in [1.82, 2.24) is 9.88 Å². The molecule has 2 aromatic carbocycles. The highest BCUT2D eigenvalue weighted by Crippen LogP contribution is 2.46. The molecule has 1 aliphatic carbocycles. The fourth-order valence-electron chi connectivity index (χ4n) is 4.56. The Kier molecular flexibility index (Phi) is 6.11. The van der Waals surface area contributed by atoms with Gasteiger partial charge < -0.3 is 4.90 Å². The number of sulfonamides is 1. The molecule has 1 atom stereocenters. The summed E-state index contributed by atoms with van der Waals surface area (Å²) < 4.78 is 43.3. The Hall–Kier alpha value is -2.49. The maximum atomic E-state index is 15.2. The summed E-state index contributed by atoms with van der Waals surface area (Å²) in [6.45, 7) is 2.77. The molecule has 1 saturated carbocycles. The van der Waals surface area contributed by atoms with Gasteiger partial charge in [-0.3, -0.25) is 9.62 Å². The highest BCUT2D eigenvalue weighted by atomic mass is 32.2. The van der Waals surface area contributed by atoms with Crippen LogP contribution in [0.3, 0.4) is 0 Å². The van der Waals surface area contributed by atoms with Gasteiger partial charge in [-0.2, -0.15) is 0 Å². The van der Waals surface area contributed by atoms with Crippen LogP contribution in [0.25, 0.3) is 0 Å². The largest absolute Gasteiger partial charge is 0.370 e. The SMILES string of the molecule is CN(c1cc(F)c(S(=O)(=O)Nc2cscn2)cc1C1CC1)C1CCN(Cc2ccccc2)C1. The molecule has 174 valence electrons. The minimum Gasteiger partial charge on any atom is -0.370 e. The summed E-state index contributed by atoms with van der Waals surface area (Å²) in [5.74, 6) is -0.251. The first-order chi connectivity index (χ1) is 15.9. The Labute approximate surface area is 198 Å². The van der Waals surface area contributed by atoms with Crippen LogP contribution < -0.4 is 9.62 Å². The lowest BCUT2D eigenvalue weighted by Crippen LogP contribution is -2.35. The number of likely N-dealkylation sites (tertiary alicyclic amines) is 1. The fourth-order valence-corrected chi connectivity index (χ4v) is 6.21. The van der Waals surface area contributed by atoms with Gasteiger partial charge in [0.15, 0.2) is 5.82 Å². The molecule has 2 fully saturated rings. The molecule has 1 aliphatic heterocycles. The van der Waals surface area contributed by atoms with Gasteiger partial charge in [-0.15, -0.1) is 11.3 Å². The van der Waals surface area contributed by atoms with E-state index in [1.807, 2.05) is 13.1 Å². The summed E-state index contributed by atoms with van der Waals surface area (Å²) in [5.41, 5.74) is 4.53. The van der Waals surface area contributed by atoms with Crippen molar-refractivity contribution in [1.29, 1.82) is 0 Å². The van der Waals surface area contributed by atoms with Crippen LogP contribution in [0.1, 0.15) is 36.3 Å². The molecule has 2 heterocycles. The number of rotatable bonds is 8. The lowest BCUT2D eigenvalue weighted by atomic mass is 10.1. The molecule has 2 aliphatic rings. The predicted octanol–water partition coefficient (Wildman–Crippen LogP) is 4.67. The van der Waals surface area contributed by atoms with Gasteiger partial charge in [-0.25, -0.2) is 17.8 Å². The molecule has 1 aromatic heterocycles. The van der Waals surface area contributed by atoms with Crippen LogP contribution in [-0.4, -0.2) is 44.5 Å². The molecule has 3 aromatic rings. The maximum absolute atomic E-state index is 15.2. The van der Waals surface area contributed by atoms with Crippen molar-refractivity contribution in [3.63, 3.8) is 0 Å². The number of benzene rings is 2. The third-order valence-electron chi connectivity index (χ3n) is 6.48. The van der Waals surface area contributed by atoms with Gasteiger partial charge in [-0.1, -0.05) is 30.3 Å². The van der Waals surface area contributed by atoms with E-state index in [-0.39, 0.29) is 22.7 Å². The fraction of sp³-hybridized carbons (Fsp3) is 0.375. The van der Waals surface area contributed by atoms with E-state index in [9.17, 15) is 8.42 Å². The molecular weight excluding hydrogens is 459 g/mol. The number of aromatic nitrogens is 1. The number of hydrogen-bond acceptors (Lipinski definition) is 6. The zero-order valence-corrected chi connectivity index (χ0v) is 20.1. The van der Waals surface area contributed by atoms with Gasteiger partial charge in [0.05, 0.1) is 5.51 Å². The first kappa shape index (κ1) is 22.3. The summed E-state index contributed by atoms with van der Waals surface area (Å²) >= 11 is 1.28. The summed E-state index contributed by atoms with van der Waals surface area (Å²) in [6, 6.07) is 13.6. The number of anilines is 2. The van der Waals surface area contributed by atoms with Gasteiger partial charge in [0.1, 0.15) is 10.7 Å². The standard InChI is InChI=1S/C24H27FN4O2S2/c1-28(19-9-10-29(14-19)13-17-5-3-2-4-6-17)22-12-21(25)23(11-20(22)18-7-8-18)33(30,31)27-24-15-32-16-26-24/h2-6,11-12,15-16,18-19,27H,7-10,13-14H2,1H3. The van der Waals surface area contributed by atoms with E-state index in [1.54, 1.807) is 5.38 Å². The number of likely N-dealkylation sites (N-methyl/N-ethyl adjacent to an activating group) is 1. The van der Waals surface area contributed by atoms with Gasteiger partial charge in [0.25, 0.3) is 10.0 Å². The lowest BCUT2D eigenvalue weighted by molar-refractivity contribution is 0.326. The Morgan fingerprint density at radius 2 is 2.00 bits per heavy atom. The van der Waals surface area contributed by atoms with Crippen LogP contribution in [-0.2, 0) is 16.6 Å². The first-order valence-corrected chi connectivity index (χ1v) is 13.6. The van der Waals surface area contributed by atoms with Gasteiger partial charge >= 0.3 is 0 Å². The highest BCUT2D eigenvalue weighted by Gasteiger charge is 2.34. The molecule has 1 unspecified atom stereocenters. The van der Waals surface area contributed by atoms with Crippen LogP contribution in [0, 0.1) is 5.82 Å². The van der Waals surface area contributed by atoms with Crippen LogP contribution in [0.15, 0.2) is 58.3 Å². The zero-order chi connectivity index (χ0) is 23.0. The van der Waals surface area contributed by atoms with Crippen molar-refractivity contribution in [2.24, 2.45) is 0 Å². The molecule has 1 saturated heterocycles. The van der Waals surface area contributed by atoms with Crippen molar-refractivity contribution in [2.45, 2.75) is 42.7 Å². The zero-order valence-electron chi connectivity index (χ0n) is 18.4. The number of thiazole rings is 1. The van der Waals surface area contributed by atoms with Gasteiger partial charge in [0.2, 0.25) is 0 Å². The van der Waals surface area contributed by atoms with E-state index in [0.717, 1.165) is 50.1 Å². The summed E-state index contributed by atoms with van der Waals surface area (Å²) in [5, 5.41) is 1.58. The van der Waals surface area contributed by atoms with Crippen molar-refractivity contribution in [2.75, 3.05) is 29.8 Å². The normalized spacial score (nSPS) is 19.0. The minimum absolute atomic E-state index is 0.207.